The van der Waals surface area contributed by atoms with Crippen LogP contribution >= 0.6 is 0 Å². The molecule has 0 aliphatic carbocycles. The zero-order valence-corrected chi connectivity index (χ0v) is 9.35. The van der Waals surface area contributed by atoms with E-state index >= 15 is 0 Å². The summed E-state index contributed by atoms with van der Waals surface area (Å²) in [4.78, 5) is 10.6. The van der Waals surface area contributed by atoms with Crippen molar-refractivity contribution in [2.75, 3.05) is 5.73 Å². The molecular weight excluding hydrogens is 227 g/mol. The fourth-order valence-electron chi connectivity index (χ4n) is 1.55. The highest BCUT2D eigenvalue weighted by Gasteiger charge is 2.23. The molecule has 1 aromatic carbocycles. The van der Waals surface area contributed by atoms with Crippen LogP contribution in [0.5, 0.6) is 0 Å². The van der Waals surface area contributed by atoms with Crippen LogP contribution in [0.1, 0.15) is 23.7 Å². The van der Waals surface area contributed by atoms with Crippen molar-refractivity contribution < 1.29 is 19.4 Å². The second-order valence-corrected chi connectivity index (χ2v) is 3.89. The zero-order chi connectivity index (χ0) is 13.2. The number of rotatable bonds is 4. The first-order valence-electron chi connectivity index (χ1n) is 5.03. The fraction of sp³-hybridized carbons (Fsp3) is 0.364. The Morgan fingerprint density at radius 2 is 2.06 bits per heavy atom. The van der Waals surface area contributed by atoms with Crippen LogP contribution in [-0.4, -0.2) is 22.2 Å². The molecule has 0 heterocycles. The predicted octanol–water partition coefficient (Wildman–Crippen LogP) is -0.0140. The monoisotopic (exact) mass is 242 g/mol. The average Bonchev–Trinajstić information content (AvgIpc) is 2.21. The van der Waals surface area contributed by atoms with Crippen LogP contribution in [0.15, 0.2) is 12.1 Å². The summed E-state index contributed by atoms with van der Waals surface area (Å²) >= 11 is 0. The van der Waals surface area contributed by atoms with Gasteiger partial charge in [-0.2, -0.15) is 0 Å². The van der Waals surface area contributed by atoms with Crippen LogP contribution in [-0.2, 0) is 4.79 Å². The van der Waals surface area contributed by atoms with Crippen molar-refractivity contribution in [3.63, 3.8) is 0 Å². The third kappa shape index (κ3) is 3.15. The van der Waals surface area contributed by atoms with Gasteiger partial charge in [-0.25, -0.2) is 4.39 Å². The summed E-state index contributed by atoms with van der Waals surface area (Å²) in [7, 11) is 0. The molecule has 0 saturated carbocycles. The molecule has 2 atom stereocenters. The molecule has 0 aliphatic heterocycles. The summed E-state index contributed by atoms with van der Waals surface area (Å²) in [5.41, 5.74) is 11.2. The molecule has 2 unspecified atom stereocenters. The SMILES string of the molecule is Cc1c(N)cc(F)cc1C(O)C(O)CC(N)=O. The van der Waals surface area contributed by atoms with Crippen LogP contribution < -0.4 is 11.5 Å². The van der Waals surface area contributed by atoms with Gasteiger partial charge in [-0.15, -0.1) is 0 Å². The summed E-state index contributed by atoms with van der Waals surface area (Å²) in [5.74, 6) is -1.37. The van der Waals surface area contributed by atoms with Gasteiger partial charge in [-0.3, -0.25) is 4.79 Å². The molecule has 0 radical (unpaired) electrons. The van der Waals surface area contributed by atoms with E-state index < -0.39 is 30.4 Å². The largest absolute Gasteiger partial charge is 0.398 e. The van der Waals surface area contributed by atoms with Gasteiger partial charge in [-0.05, 0) is 30.2 Å². The quantitative estimate of drug-likeness (QED) is 0.556. The van der Waals surface area contributed by atoms with Gasteiger partial charge in [-0.1, -0.05) is 0 Å². The van der Waals surface area contributed by atoms with Gasteiger partial charge in [0.1, 0.15) is 11.9 Å². The smallest absolute Gasteiger partial charge is 0.220 e. The lowest BCUT2D eigenvalue weighted by Gasteiger charge is -2.19. The molecule has 17 heavy (non-hydrogen) atoms. The molecule has 6 N–H and O–H groups in total. The second kappa shape index (κ2) is 5.11. The van der Waals surface area contributed by atoms with Crippen LogP contribution in [0.2, 0.25) is 0 Å². The third-order valence-electron chi connectivity index (χ3n) is 2.55. The Labute approximate surface area is 97.9 Å². The van der Waals surface area contributed by atoms with Gasteiger partial charge in [0.05, 0.1) is 12.5 Å². The van der Waals surface area contributed by atoms with Crippen LogP contribution in [0.3, 0.4) is 0 Å². The molecule has 0 fully saturated rings. The van der Waals surface area contributed by atoms with Gasteiger partial charge in [0.2, 0.25) is 5.91 Å². The van der Waals surface area contributed by atoms with Crippen molar-refractivity contribution in [3.05, 3.63) is 29.1 Å². The Bertz CT molecular complexity index is 437. The second-order valence-electron chi connectivity index (χ2n) is 3.89. The van der Waals surface area contributed by atoms with E-state index in [1.54, 1.807) is 6.92 Å². The lowest BCUT2D eigenvalue weighted by Crippen LogP contribution is -2.26. The van der Waals surface area contributed by atoms with E-state index in [0.29, 0.717) is 5.56 Å². The van der Waals surface area contributed by atoms with Crippen molar-refractivity contribution in [3.8, 4) is 0 Å². The maximum Gasteiger partial charge on any atom is 0.220 e. The Morgan fingerprint density at radius 1 is 1.47 bits per heavy atom. The summed E-state index contributed by atoms with van der Waals surface area (Å²) < 4.78 is 13.1. The maximum atomic E-state index is 13.1. The van der Waals surface area contributed by atoms with E-state index in [0.717, 1.165) is 12.1 Å². The minimum Gasteiger partial charge on any atom is -0.398 e. The molecule has 1 rings (SSSR count). The first-order valence-corrected chi connectivity index (χ1v) is 5.03. The van der Waals surface area contributed by atoms with Crippen LogP contribution in [0, 0.1) is 12.7 Å². The van der Waals surface area contributed by atoms with E-state index in [1.807, 2.05) is 0 Å². The number of hydrogen-bond donors (Lipinski definition) is 4. The van der Waals surface area contributed by atoms with Crippen LogP contribution in [0.4, 0.5) is 10.1 Å². The van der Waals surface area contributed by atoms with Gasteiger partial charge < -0.3 is 21.7 Å². The van der Waals surface area contributed by atoms with Gasteiger partial charge in [0.25, 0.3) is 0 Å². The summed E-state index contributed by atoms with van der Waals surface area (Å²) in [6, 6.07) is 2.19. The molecule has 1 amide bonds. The number of carbonyl (C=O) groups is 1. The van der Waals surface area contributed by atoms with Crippen molar-refractivity contribution >= 4 is 11.6 Å². The standard InChI is InChI=1S/C11H15FN2O3/c1-5-7(2-6(12)3-8(5)13)11(17)9(15)4-10(14)16/h2-3,9,11,15,17H,4,13H2,1H3,(H2,14,16). The highest BCUT2D eigenvalue weighted by Crippen LogP contribution is 2.27. The number of benzene rings is 1. The van der Waals surface area contributed by atoms with Gasteiger partial charge in [0, 0.05) is 5.69 Å². The van der Waals surface area contributed by atoms with E-state index in [1.165, 1.54) is 0 Å². The normalized spacial score (nSPS) is 14.4. The lowest BCUT2D eigenvalue weighted by molar-refractivity contribution is -0.121. The Balaban J connectivity index is 3.03. The number of aliphatic hydroxyl groups is 2. The molecule has 0 aliphatic rings. The molecule has 6 heteroatoms. The Kier molecular flexibility index (Phi) is 4.03. The predicted molar refractivity (Wildman–Crippen MR) is 60.3 cm³/mol. The molecular formula is C11H15FN2O3. The lowest BCUT2D eigenvalue weighted by atomic mass is 9.96. The first kappa shape index (κ1) is 13.4. The Hall–Kier alpha value is -1.66. The molecule has 0 aromatic heterocycles. The third-order valence-corrected chi connectivity index (χ3v) is 2.55. The average molecular weight is 242 g/mol. The van der Waals surface area contributed by atoms with Crippen molar-refractivity contribution in [2.24, 2.45) is 5.73 Å². The number of halogens is 1. The number of amides is 1. The van der Waals surface area contributed by atoms with Crippen LogP contribution in [0.25, 0.3) is 0 Å². The zero-order valence-electron chi connectivity index (χ0n) is 9.35. The number of carbonyl (C=O) groups excluding carboxylic acids is 1. The number of aliphatic hydroxyl groups excluding tert-OH is 2. The van der Waals surface area contributed by atoms with Crippen molar-refractivity contribution in [1.82, 2.24) is 0 Å². The highest BCUT2D eigenvalue weighted by molar-refractivity contribution is 5.74. The number of anilines is 1. The topological polar surface area (TPSA) is 110 Å². The summed E-state index contributed by atoms with van der Waals surface area (Å²) in [6.07, 6.45) is -3.19. The van der Waals surface area contributed by atoms with E-state index in [9.17, 15) is 19.4 Å². The molecule has 0 bridgehead atoms. The Morgan fingerprint density at radius 3 is 2.59 bits per heavy atom. The minimum atomic E-state index is -1.40. The van der Waals surface area contributed by atoms with Crippen molar-refractivity contribution in [2.45, 2.75) is 25.6 Å². The van der Waals surface area contributed by atoms with E-state index in [2.05, 4.69) is 0 Å². The molecule has 94 valence electrons. The molecule has 0 saturated heterocycles. The summed E-state index contributed by atoms with van der Waals surface area (Å²) in [5, 5.41) is 19.3. The molecule has 0 spiro atoms. The van der Waals surface area contributed by atoms with E-state index in [-0.39, 0.29) is 11.3 Å². The summed E-state index contributed by atoms with van der Waals surface area (Å²) in [6.45, 7) is 1.59. The molecule has 5 nitrogen and oxygen atoms in total. The maximum absolute atomic E-state index is 13.1. The number of nitrogens with two attached hydrogens (primary N) is 2. The van der Waals surface area contributed by atoms with Crippen molar-refractivity contribution in [1.29, 1.82) is 0 Å². The van der Waals surface area contributed by atoms with Gasteiger partial charge >= 0.3 is 0 Å². The number of primary amides is 1. The number of hydrogen-bond acceptors (Lipinski definition) is 4. The fourth-order valence-corrected chi connectivity index (χ4v) is 1.55. The van der Waals surface area contributed by atoms with E-state index in [4.69, 9.17) is 11.5 Å². The highest BCUT2D eigenvalue weighted by atomic mass is 19.1. The first-order chi connectivity index (χ1) is 7.82. The van der Waals surface area contributed by atoms with Gasteiger partial charge in [0.15, 0.2) is 0 Å². The minimum absolute atomic E-state index is 0.149. The number of nitrogen functional groups attached to an aromatic ring is 1. The molecule has 1 aromatic rings.